The van der Waals surface area contributed by atoms with Crippen LogP contribution in [0.1, 0.15) is 22.4 Å². The Morgan fingerprint density at radius 1 is 0.938 bits per heavy atom. The molecule has 0 aliphatic carbocycles. The van der Waals surface area contributed by atoms with Gasteiger partial charge in [0.2, 0.25) is 0 Å². The second-order valence-corrected chi connectivity index (χ2v) is 8.52. The van der Waals surface area contributed by atoms with Crippen molar-refractivity contribution in [3.63, 3.8) is 0 Å². The summed E-state index contributed by atoms with van der Waals surface area (Å²) in [7, 11) is -1.94. The first-order chi connectivity index (χ1) is 14.9. The predicted octanol–water partition coefficient (Wildman–Crippen LogP) is 6.21. The van der Waals surface area contributed by atoms with Gasteiger partial charge in [-0.3, -0.25) is 4.31 Å². The van der Waals surface area contributed by atoms with Crippen LogP contribution >= 0.6 is 0 Å². The smallest absolute Gasteiger partial charge is 0.338 e. The molecule has 0 amide bonds. The summed E-state index contributed by atoms with van der Waals surface area (Å²) in [5.74, 6) is -0.0291. The first kappa shape index (κ1) is 22.1. The van der Waals surface area contributed by atoms with Crippen LogP contribution in [0.4, 0.5) is 43.5 Å². The van der Waals surface area contributed by atoms with Gasteiger partial charge in [-0.25, -0.2) is 9.19 Å². The molecular formula is C21H15F6N3OS. The Balaban J connectivity index is 1.79. The highest BCUT2D eigenvalue weighted by Crippen LogP contribution is 2.40. The molecule has 0 radical (unpaired) electrons. The van der Waals surface area contributed by atoms with Crippen LogP contribution in [0.15, 0.2) is 59.5 Å². The lowest BCUT2D eigenvalue weighted by molar-refractivity contribution is -0.141. The average molecular weight is 471 g/mol. The van der Waals surface area contributed by atoms with E-state index in [2.05, 4.69) is 10.3 Å². The third-order valence-corrected chi connectivity index (χ3v) is 6.29. The minimum absolute atomic E-state index is 0.0291. The van der Waals surface area contributed by atoms with Gasteiger partial charge in [0, 0.05) is 5.56 Å². The molecule has 32 heavy (non-hydrogen) atoms. The minimum atomic E-state index is -4.64. The Labute approximate surface area is 181 Å². The van der Waals surface area contributed by atoms with E-state index >= 15 is 0 Å². The van der Waals surface area contributed by atoms with Gasteiger partial charge < -0.3 is 5.32 Å². The second kappa shape index (κ2) is 7.80. The zero-order valence-corrected chi connectivity index (χ0v) is 17.2. The number of hydrogen-bond acceptors (Lipinski definition) is 3. The molecule has 2 heterocycles. The largest absolute Gasteiger partial charge is 0.433 e. The van der Waals surface area contributed by atoms with Gasteiger partial charge in [-0.15, -0.1) is 0 Å². The number of halogens is 6. The van der Waals surface area contributed by atoms with Gasteiger partial charge in [-0.2, -0.15) is 26.3 Å². The van der Waals surface area contributed by atoms with E-state index in [0.29, 0.717) is 22.5 Å². The van der Waals surface area contributed by atoms with E-state index in [-0.39, 0.29) is 17.3 Å². The number of aryl methyl sites for hydroxylation is 1. The van der Waals surface area contributed by atoms with E-state index in [9.17, 15) is 30.6 Å². The van der Waals surface area contributed by atoms with Gasteiger partial charge in [-0.1, -0.05) is 18.2 Å². The van der Waals surface area contributed by atoms with Crippen molar-refractivity contribution in [1.82, 2.24) is 4.98 Å². The number of aromatic nitrogens is 1. The van der Waals surface area contributed by atoms with Crippen molar-refractivity contribution in [1.29, 1.82) is 0 Å². The Hall–Kier alpha value is -3.08. The number of pyridine rings is 1. The van der Waals surface area contributed by atoms with Gasteiger partial charge >= 0.3 is 12.4 Å². The number of para-hydroxylation sites is 1. The van der Waals surface area contributed by atoms with Gasteiger partial charge in [-0.05, 0) is 48.9 Å². The second-order valence-electron chi connectivity index (χ2n) is 7.11. The van der Waals surface area contributed by atoms with Crippen LogP contribution in [0.25, 0.3) is 0 Å². The zero-order chi connectivity index (χ0) is 23.3. The molecular weight excluding hydrogens is 456 g/mol. The zero-order valence-electron chi connectivity index (χ0n) is 16.4. The summed E-state index contributed by atoms with van der Waals surface area (Å²) in [4.78, 5) is 3.81. The van der Waals surface area contributed by atoms with Crippen LogP contribution in [0.3, 0.4) is 0 Å². The van der Waals surface area contributed by atoms with Crippen molar-refractivity contribution in [2.45, 2.75) is 30.7 Å². The number of alkyl halides is 6. The quantitative estimate of drug-likeness (QED) is 0.452. The fraction of sp³-hybridized carbons (Fsp3) is 0.190. The fourth-order valence-electron chi connectivity index (χ4n) is 3.36. The number of anilines is 3. The van der Waals surface area contributed by atoms with Crippen molar-refractivity contribution in [2.24, 2.45) is 0 Å². The maximum absolute atomic E-state index is 13.4. The summed E-state index contributed by atoms with van der Waals surface area (Å²) in [6, 6.07) is 11.0. The number of fused-ring (bicyclic) bond motifs is 2. The van der Waals surface area contributed by atoms with Crippen molar-refractivity contribution >= 4 is 28.2 Å². The number of nitrogens with one attached hydrogen (secondary N) is 1. The van der Waals surface area contributed by atoms with Gasteiger partial charge in [0.05, 0.1) is 28.4 Å². The van der Waals surface area contributed by atoms with Crippen LogP contribution in [0, 0.1) is 6.92 Å². The molecule has 0 bridgehead atoms. The summed E-state index contributed by atoms with van der Waals surface area (Å²) < 4.78 is 92.9. The Morgan fingerprint density at radius 2 is 1.62 bits per heavy atom. The lowest BCUT2D eigenvalue weighted by Gasteiger charge is -2.25. The molecule has 1 N–H and O–H groups in total. The molecule has 1 atom stereocenters. The molecule has 1 aliphatic rings. The monoisotopic (exact) mass is 471 g/mol. The van der Waals surface area contributed by atoms with E-state index in [1.807, 2.05) is 0 Å². The molecule has 1 aromatic heterocycles. The topological polar surface area (TPSA) is 45.2 Å². The number of rotatable bonds is 2. The molecule has 1 unspecified atom stereocenters. The molecule has 4 nitrogen and oxygen atoms in total. The van der Waals surface area contributed by atoms with Crippen LogP contribution in [-0.4, -0.2) is 9.19 Å². The van der Waals surface area contributed by atoms with Gasteiger partial charge in [0.1, 0.15) is 11.5 Å². The normalized spacial score (nSPS) is 14.8. The standard InChI is InChI=1S/C21H15F6N3OS/c1-12-3-2-4-16-18(12)30(32(31)15-8-6-14(7-9-15)20(22,23)24)11-13-5-10-17(21(25,26)27)29-19(13)28-16/h2-10H,11H2,1H3,(H,28,29). The summed E-state index contributed by atoms with van der Waals surface area (Å²) in [6.45, 7) is 1.67. The average Bonchev–Trinajstić information content (AvgIpc) is 2.89. The molecule has 4 rings (SSSR count). The van der Waals surface area contributed by atoms with Crippen LogP contribution < -0.4 is 9.62 Å². The van der Waals surface area contributed by atoms with Crippen molar-refractivity contribution in [3.05, 3.63) is 77.0 Å². The van der Waals surface area contributed by atoms with E-state index in [1.165, 1.54) is 10.4 Å². The third kappa shape index (κ3) is 4.16. The SMILES string of the molecule is Cc1cccc2c1N(S(=O)c1ccc(C(F)(F)F)cc1)Cc1ccc(C(F)(F)F)nc1N2. The fourth-order valence-corrected chi connectivity index (χ4v) is 4.65. The summed E-state index contributed by atoms with van der Waals surface area (Å²) in [5.41, 5.74) is -0.0713. The Kier molecular flexibility index (Phi) is 5.40. The molecule has 0 saturated heterocycles. The Bertz CT molecular complexity index is 1190. The maximum atomic E-state index is 13.4. The highest BCUT2D eigenvalue weighted by atomic mass is 32.2. The van der Waals surface area contributed by atoms with Crippen LogP contribution in [-0.2, 0) is 29.9 Å². The Morgan fingerprint density at radius 3 is 2.25 bits per heavy atom. The van der Waals surface area contributed by atoms with Gasteiger partial charge in [0.15, 0.2) is 11.0 Å². The van der Waals surface area contributed by atoms with Gasteiger partial charge in [0.25, 0.3) is 0 Å². The molecule has 2 aromatic carbocycles. The third-order valence-electron chi connectivity index (χ3n) is 4.91. The van der Waals surface area contributed by atoms with E-state index in [0.717, 1.165) is 30.3 Å². The molecule has 168 valence electrons. The molecule has 1 aliphatic heterocycles. The van der Waals surface area contributed by atoms with Crippen LogP contribution in [0.5, 0.6) is 0 Å². The predicted molar refractivity (Wildman–Crippen MR) is 108 cm³/mol. The van der Waals surface area contributed by atoms with E-state index < -0.39 is 34.6 Å². The van der Waals surface area contributed by atoms with E-state index in [4.69, 9.17) is 0 Å². The lowest BCUT2D eigenvalue weighted by Crippen LogP contribution is -2.26. The lowest BCUT2D eigenvalue weighted by atomic mass is 10.1. The number of hydrogen-bond donors (Lipinski definition) is 1. The molecule has 3 aromatic rings. The maximum Gasteiger partial charge on any atom is 0.433 e. The van der Waals surface area contributed by atoms with Crippen molar-refractivity contribution in [2.75, 3.05) is 9.62 Å². The first-order valence-corrected chi connectivity index (χ1v) is 10.4. The first-order valence-electron chi connectivity index (χ1n) is 9.25. The molecule has 0 saturated carbocycles. The highest BCUT2D eigenvalue weighted by Gasteiger charge is 2.35. The molecule has 11 heteroatoms. The van der Waals surface area contributed by atoms with Crippen LogP contribution in [0.2, 0.25) is 0 Å². The molecule has 0 spiro atoms. The van der Waals surface area contributed by atoms with Crippen molar-refractivity contribution < 1.29 is 30.6 Å². The summed E-state index contributed by atoms with van der Waals surface area (Å²) in [6.07, 6.45) is -9.17. The van der Waals surface area contributed by atoms with E-state index in [1.54, 1.807) is 25.1 Å². The van der Waals surface area contributed by atoms with Crippen molar-refractivity contribution in [3.8, 4) is 0 Å². The minimum Gasteiger partial charge on any atom is -0.338 e. The summed E-state index contributed by atoms with van der Waals surface area (Å²) >= 11 is 0. The number of nitrogens with zero attached hydrogens (tertiary/aromatic N) is 2. The number of benzene rings is 2. The highest BCUT2D eigenvalue weighted by molar-refractivity contribution is 7.86. The summed E-state index contributed by atoms with van der Waals surface area (Å²) in [5, 5.41) is 2.89. The molecule has 0 fully saturated rings.